The van der Waals surface area contributed by atoms with Crippen molar-refractivity contribution in [2.24, 2.45) is 0 Å². The van der Waals surface area contributed by atoms with Crippen LogP contribution in [-0.4, -0.2) is 0 Å². The maximum atomic E-state index is 13.4. The molecule has 0 atom stereocenters. The van der Waals surface area contributed by atoms with Crippen LogP contribution in [0.4, 0.5) is 4.39 Å². The Bertz CT molecular complexity index is 545. The summed E-state index contributed by atoms with van der Waals surface area (Å²) in [5, 5.41) is 3.89. The van der Waals surface area contributed by atoms with Gasteiger partial charge in [-0.15, -0.1) is 0 Å². The van der Waals surface area contributed by atoms with Crippen molar-refractivity contribution in [1.82, 2.24) is 5.32 Å². The van der Waals surface area contributed by atoms with E-state index in [1.54, 1.807) is 12.1 Å². The van der Waals surface area contributed by atoms with Gasteiger partial charge in [0.05, 0.1) is 0 Å². The van der Waals surface area contributed by atoms with Gasteiger partial charge in [0.15, 0.2) is 0 Å². The van der Waals surface area contributed by atoms with Crippen LogP contribution in [0, 0.1) is 5.82 Å². The Balaban J connectivity index is 1.96. The first-order valence-corrected chi connectivity index (χ1v) is 6.72. The number of nitrogens with one attached hydrogen (secondary N) is 1. The van der Waals surface area contributed by atoms with E-state index in [1.807, 2.05) is 24.3 Å². The number of hydrogen-bond acceptors (Lipinski definition) is 1. The lowest BCUT2D eigenvalue weighted by molar-refractivity contribution is 0.588. The molecule has 2 rings (SSSR count). The van der Waals surface area contributed by atoms with E-state index in [4.69, 9.17) is 11.6 Å². The monoisotopic (exact) mass is 327 g/mol. The zero-order valence-corrected chi connectivity index (χ0v) is 11.9. The van der Waals surface area contributed by atoms with Crippen LogP contribution in [0.1, 0.15) is 11.1 Å². The van der Waals surface area contributed by atoms with Crippen molar-refractivity contribution in [2.75, 3.05) is 0 Å². The van der Waals surface area contributed by atoms with E-state index >= 15 is 0 Å². The normalized spacial score (nSPS) is 10.6. The van der Waals surface area contributed by atoms with Gasteiger partial charge in [-0.05, 0) is 29.8 Å². The topological polar surface area (TPSA) is 12.0 Å². The zero-order valence-electron chi connectivity index (χ0n) is 9.59. The Kier molecular flexibility index (Phi) is 4.75. The molecule has 1 nitrogen and oxygen atoms in total. The predicted octanol–water partition coefficient (Wildman–Crippen LogP) is 4.53. The van der Waals surface area contributed by atoms with Crippen LogP contribution in [0.25, 0.3) is 0 Å². The largest absolute Gasteiger partial charge is 0.308 e. The lowest BCUT2D eigenvalue weighted by Crippen LogP contribution is -2.14. The van der Waals surface area contributed by atoms with E-state index in [0.29, 0.717) is 23.7 Å². The molecule has 0 aliphatic heterocycles. The number of rotatable bonds is 4. The average molecular weight is 329 g/mol. The molecule has 0 aromatic heterocycles. The molecule has 0 unspecified atom stereocenters. The third-order valence-corrected chi connectivity index (χ3v) is 3.46. The molecule has 0 bridgehead atoms. The van der Waals surface area contributed by atoms with Gasteiger partial charge < -0.3 is 5.32 Å². The molecule has 4 heteroatoms. The third-order valence-electron chi connectivity index (χ3n) is 2.60. The molecule has 0 radical (unpaired) electrons. The standard InChI is InChI=1S/C14H12BrClFN/c15-12-5-6-13(16)11(7-12)9-18-8-10-3-1-2-4-14(10)17/h1-7,18H,8-9H2. The lowest BCUT2D eigenvalue weighted by Gasteiger charge is -2.08. The average Bonchev–Trinajstić information content (AvgIpc) is 2.36. The lowest BCUT2D eigenvalue weighted by atomic mass is 10.2. The van der Waals surface area contributed by atoms with Crippen molar-refractivity contribution in [2.45, 2.75) is 13.1 Å². The summed E-state index contributed by atoms with van der Waals surface area (Å²) in [5.41, 5.74) is 1.64. The van der Waals surface area contributed by atoms with Crippen LogP contribution in [0.3, 0.4) is 0 Å². The van der Waals surface area contributed by atoms with Gasteiger partial charge >= 0.3 is 0 Å². The summed E-state index contributed by atoms with van der Waals surface area (Å²) < 4.78 is 14.4. The molecule has 0 saturated heterocycles. The molecule has 94 valence electrons. The van der Waals surface area contributed by atoms with Crippen LogP contribution < -0.4 is 5.32 Å². The highest BCUT2D eigenvalue weighted by atomic mass is 79.9. The first-order valence-electron chi connectivity index (χ1n) is 5.55. The SMILES string of the molecule is Fc1ccccc1CNCc1cc(Br)ccc1Cl. The molecule has 0 aliphatic rings. The molecule has 18 heavy (non-hydrogen) atoms. The minimum atomic E-state index is -0.190. The first-order chi connectivity index (χ1) is 8.66. The summed E-state index contributed by atoms with van der Waals surface area (Å²) >= 11 is 9.47. The summed E-state index contributed by atoms with van der Waals surface area (Å²) in [7, 11) is 0. The van der Waals surface area contributed by atoms with E-state index in [0.717, 1.165) is 10.0 Å². The molecule has 0 aliphatic carbocycles. The highest BCUT2D eigenvalue weighted by Crippen LogP contribution is 2.20. The first kappa shape index (κ1) is 13.5. The fourth-order valence-corrected chi connectivity index (χ4v) is 2.25. The zero-order chi connectivity index (χ0) is 13.0. The van der Waals surface area contributed by atoms with E-state index in [9.17, 15) is 4.39 Å². The number of hydrogen-bond donors (Lipinski definition) is 1. The van der Waals surface area contributed by atoms with E-state index < -0.39 is 0 Å². The van der Waals surface area contributed by atoms with Crippen LogP contribution in [0.5, 0.6) is 0 Å². The Morgan fingerprint density at radius 2 is 1.78 bits per heavy atom. The minimum absolute atomic E-state index is 0.190. The number of halogens is 3. The van der Waals surface area contributed by atoms with Crippen molar-refractivity contribution in [3.63, 3.8) is 0 Å². The fourth-order valence-electron chi connectivity index (χ4n) is 1.65. The van der Waals surface area contributed by atoms with Crippen LogP contribution >= 0.6 is 27.5 Å². The second-order valence-corrected chi connectivity index (χ2v) is 5.25. The van der Waals surface area contributed by atoms with Gasteiger partial charge in [0.2, 0.25) is 0 Å². The minimum Gasteiger partial charge on any atom is -0.308 e. The Labute approximate surface area is 119 Å². The molecular weight excluding hydrogens is 317 g/mol. The van der Waals surface area contributed by atoms with Crippen molar-refractivity contribution in [3.05, 3.63) is 68.9 Å². The summed E-state index contributed by atoms with van der Waals surface area (Å²) in [6, 6.07) is 12.4. The predicted molar refractivity (Wildman–Crippen MR) is 76.1 cm³/mol. The summed E-state index contributed by atoms with van der Waals surface area (Å²) in [6.45, 7) is 1.09. The molecule has 0 heterocycles. The van der Waals surface area contributed by atoms with Crippen LogP contribution in [0.2, 0.25) is 5.02 Å². The van der Waals surface area contributed by atoms with E-state index in [1.165, 1.54) is 6.07 Å². The molecule has 1 N–H and O–H groups in total. The molecule has 0 spiro atoms. The van der Waals surface area contributed by atoms with Gasteiger partial charge in [-0.1, -0.05) is 45.7 Å². The van der Waals surface area contributed by atoms with E-state index in [2.05, 4.69) is 21.2 Å². The molecule has 0 fully saturated rings. The fraction of sp³-hybridized carbons (Fsp3) is 0.143. The highest BCUT2D eigenvalue weighted by Gasteiger charge is 2.03. The van der Waals surface area contributed by atoms with Gasteiger partial charge in [-0.3, -0.25) is 0 Å². The summed E-state index contributed by atoms with van der Waals surface area (Å²) in [6.07, 6.45) is 0. The Morgan fingerprint density at radius 1 is 1.06 bits per heavy atom. The summed E-state index contributed by atoms with van der Waals surface area (Å²) in [4.78, 5) is 0. The second kappa shape index (κ2) is 6.32. The van der Waals surface area contributed by atoms with Crippen molar-refractivity contribution < 1.29 is 4.39 Å². The van der Waals surface area contributed by atoms with Crippen molar-refractivity contribution in [1.29, 1.82) is 0 Å². The maximum Gasteiger partial charge on any atom is 0.127 e. The molecule has 0 amide bonds. The van der Waals surface area contributed by atoms with Crippen molar-refractivity contribution in [3.8, 4) is 0 Å². The molecular formula is C14H12BrClFN. The van der Waals surface area contributed by atoms with Gasteiger partial charge in [-0.25, -0.2) is 4.39 Å². The Hall–Kier alpha value is -0.900. The van der Waals surface area contributed by atoms with Gasteiger partial charge in [-0.2, -0.15) is 0 Å². The molecule has 2 aromatic carbocycles. The molecule has 0 saturated carbocycles. The number of benzene rings is 2. The van der Waals surface area contributed by atoms with Crippen LogP contribution in [0.15, 0.2) is 46.9 Å². The van der Waals surface area contributed by atoms with Crippen molar-refractivity contribution >= 4 is 27.5 Å². The van der Waals surface area contributed by atoms with Gasteiger partial charge in [0.1, 0.15) is 5.82 Å². The highest BCUT2D eigenvalue weighted by molar-refractivity contribution is 9.10. The summed E-state index contributed by atoms with van der Waals surface area (Å²) in [5.74, 6) is -0.190. The smallest absolute Gasteiger partial charge is 0.127 e. The van der Waals surface area contributed by atoms with E-state index in [-0.39, 0.29) is 5.82 Å². The van der Waals surface area contributed by atoms with Gasteiger partial charge in [0, 0.05) is 28.1 Å². The third kappa shape index (κ3) is 3.55. The Morgan fingerprint density at radius 3 is 2.56 bits per heavy atom. The second-order valence-electron chi connectivity index (χ2n) is 3.93. The maximum absolute atomic E-state index is 13.4. The van der Waals surface area contributed by atoms with Crippen LogP contribution in [-0.2, 0) is 13.1 Å². The van der Waals surface area contributed by atoms with Gasteiger partial charge in [0.25, 0.3) is 0 Å². The molecule has 2 aromatic rings. The quantitative estimate of drug-likeness (QED) is 0.869.